The number of rotatable bonds is 19. The van der Waals surface area contributed by atoms with E-state index in [9.17, 15) is 9.90 Å². The standard InChI is InChI=1S/C28H50N2O2S/c1-21(2)10-7-11-22(3)12-8-13-23(4)14-9-15-24(5)17-19-33-20-26(28(31)32)30-27-25(6)16-18-29-27/h16-18,21-23,26,29-30H,7-15,19-20H2,1-6H3,(H,31,32)/b24-17+. The number of thioether (sulfide) groups is 1. The van der Waals surface area contributed by atoms with Gasteiger partial charge in [0.25, 0.3) is 0 Å². The molecule has 33 heavy (non-hydrogen) atoms. The molecule has 1 aromatic rings. The number of aliphatic carboxylic acids is 1. The Hall–Kier alpha value is -1.36. The third-order valence-electron chi connectivity index (χ3n) is 6.55. The summed E-state index contributed by atoms with van der Waals surface area (Å²) >= 11 is 1.67. The lowest BCUT2D eigenvalue weighted by atomic mass is 9.91. The van der Waals surface area contributed by atoms with E-state index in [2.05, 4.69) is 51.0 Å². The summed E-state index contributed by atoms with van der Waals surface area (Å²) in [5.74, 6) is 3.93. The first-order valence-electron chi connectivity index (χ1n) is 13.1. The van der Waals surface area contributed by atoms with Crippen LogP contribution in [-0.2, 0) is 4.79 Å². The number of aryl methyl sites for hydroxylation is 1. The first-order chi connectivity index (χ1) is 15.7. The fraction of sp³-hybridized carbons (Fsp3) is 0.750. The van der Waals surface area contributed by atoms with Crippen molar-refractivity contribution in [1.29, 1.82) is 0 Å². The second-order valence-electron chi connectivity index (χ2n) is 10.5. The van der Waals surface area contributed by atoms with Crippen LogP contribution in [0.2, 0.25) is 0 Å². The molecule has 0 fully saturated rings. The maximum absolute atomic E-state index is 11.5. The van der Waals surface area contributed by atoms with Gasteiger partial charge < -0.3 is 15.4 Å². The molecule has 0 saturated carbocycles. The van der Waals surface area contributed by atoms with Crippen molar-refractivity contribution in [3.05, 3.63) is 29.5 Å². The van der Waals surface area contributed by atoms with Gasteiger partial charge >= 0.3 is 5.97 Å². The number of H-pyrrole nitrogens is 1. The zero-order valence-corrected chi connectivity index (χ0v) is 22.9. The van der Waals surface area contributed by atoms with Gasteiger partial charge in [-0.3, -0.25) is 0 Å². The molecule has 0 saturated heterocycles. The fourth-order valence-corrected chi connectivity index (χ4v) is 5.15. The number of hydrogen-bond donors (Lipinski definition) is 3. The van der Waals surface area contributed by atoms with Crippen LogP contribution in [0.25, 0.3) is 0 Å². The van der Waals surface area contributed by atoms with E-state index in [4.69, 9.17) is 0 Å². The second-order valence-corrected chi connectivity index (χ2v) is 11.6. The van der Waals surface area contributed by atoms with Crippen LogP contribution in [0.15, 0.2) is 23.9 Å². The summed E-state index contributed by atoms with van der Waals surface area (Å²) < 4.78 is 0. The molecule has 0 aromatic carbocycles. The van der Waals surface area contributed by atoms with Crippen molar-refractivity contribution < 1.29 is 9.90 Å². The largest absolute Gasteiger partial charge is 0.480 e. The van der Waals surface area contributed by atoms with E-state index in [0.29, 0.717) is 5.75 Å². The highest BCUT2D eigenvalue weighted by Gasteiger charge is 2.18. The third kappa shape index (κ3) is 14.5. The summed E-state index contributed by atoms with van der Waals surface area (Å²) in [6.45, 7) is 13.6. The number of allylic oxidation sites excluding steroid dienone is 1. The summed E-state index contributed by atoms with van der Waals surface area (Å²) in [6, 6.07) is 1.36. The SMILES string of the molecule is C/C(=C\CSCC(Nc1[nH]ccc1C)C(=O)O)CCCC(C)CCCC(C)CCCC(C)C. The van der Waals surface area contributed by atoms with Gasteiger partial charge in [-0.15, -0.1) is 0 Å². The number of carboxylic acids is 1. The maximum atomic E-state index is 11.5. The van der Waals surface area contributed by atoms with Crippen LogP contribution in [0, 0.1) is 24.7 Å². The van der Waals surface area contributed by atoms with Gasteiger partial charge in [0.05, 0.1) is 0 Å². The molecule has 4 nitrogen and oxygen atoms in total. The molecule has 1 heterocycles. The van der Waals surface area contributed by atoms with E-state index in [1.807, 2.05) is 19.2 Å². The van der Waals surface area contributed by atoms with Crippen molar-refractivity contribution in [2.45, 2.75) is 105 Å². The number of aromatic amines is 1. The zero-order valence-electron chi connectivity index (χ0n) is 22.1. The highest BCUT2D eigenvalue weighted by atomic mass is 32.2. The van der Waals surface area contributed by atoms with Crippen molar-refractivity contribution in [2.75, 3.05) is 16.8 Å². The smallest absolute Gasteiger partial charge is 0.327 e. The molecule has 0 aliphatic carbocycles. The number of hydrogen-bond acceptors (Lipinski definition) is 3. The second kappa shape index (κ2) is 17.1. The van der Waals surface area contributed by atoms with Crippen LogP contribution in [0.5, 0.6) is 0 Å². The van der Waals surface area contributed by atoms with Crippen molar-refractivity contribution >= 4 is 23.5 Å². The molecule has 0 bridgehead atoms. The highest BCUT2D eigenvalue weighted by Crippen LogP contribution is 2.22. The Kier molecular flexibility index (Phi) is 15.4. The Morgan fingerprint density at radius 3 is 2.21 bits per heavy atom. The topological polar surface area (TPSA) is 65.1 Å². The summed E-state index contributed by atoms with van der Waals surface area (Å²) in [7, 11) is 0. The van der Waals surface area contributed by atoms with E-state index in [0.717, 1.165) is 41.3 Å². The average molecular weight is 479 g/mol. The monoisotopic (exact) mass is 478 g/mol. The first-order valence-corrected chi connectivity index (χ1v) is 14.2. The van der Waals surface area contributed by atoms with Crippen LogP contribution in [-0.4, -0.2) is 33.6 Å². The van der Waals surface area contributed by atoms with E-state index >= 15 is 0 Å². The molecule has 0 radical (unpaired) electrons. The average Bonchev–Trinajstić information content (AvgIpc) is 3.14. The molecule has 3 N–H and O–H groups in total. The van der Waals surface area contributed by atoms with E-state index < -0.39 is 12.0 Å². The van der Waals surface area contributed by atoms with Gasteiger partial charge in [0, 0.05) is 17.7 Å². The minimum absolute atomic E-state index is 0.546. The molecule has 0 aliphatic rings. The van der Waals surface area contributed by atoms with Gasteiger partial charge in [-0.05, 0) is 56.1 Å². The Morgan fingerprint density at radius 2 is 1.67 bits per heavy atom. The van der Waals surface area contributed by atoms with Crippen LogP contribution >= 0.6 is 11.8 Å². The summed E-state index contributed by atoms with van der Waals surface area (Å²) in [4.78, 5) is 14.6. The van der Waals surface area contributed by atoms with Crippen molar-refractivity contribution in [2.24, 2.45) is 17.8 Å². The summed E-state index contributed by atoms with van der Waals surface area (Å²) in [5, 5.41) is 12.6. The van der Waals surface area contributed by atoms with Crippen LogP contribution in [0.1, 0.15) is 98.0 Å². The van der Waals surface area contributed by atoms with Gasteiger partial charge in [0.1, 0.15) is 11.9 Å². The number of carboxylic acid groups (broad SMARTS) is 1. The Balaban J connectivity index is 2.14. The minimum atomic E-state index is -0.809. The Morgan fingerprint density at radius 1 is 1.06 bits per heavy atom. The number of anilines is 1. The van der Waals surface area contributed by atoms with Crippen LogP contribution in [0.4, 0.5) is 5.82 Å². The molecule has 3 atom stereocenters. The first kappa shape index (κ1) is 29.7. The molecular formula is C28H50N2O2S. The van der Waals surface area contributed by atoms with Gasteiger partial charge in [-0.2, -0.15) is 11.8 Å². The number of aromatic nitrogens is 1. The van der Waals surface area contributed by atoms with Crippen LogP contribution in [0.3, 0.4) is 0 Å². The quantitative estimate of drug-likeness (QED) is 0.138. The summed E-state index contributed by atoms with van der Waals surface area (Å²) in [5.41, 5.74) is 2.46. The summed E-state index contributed by atoms with van der Waals surface area (Å²) in [6.07, 6.45) is 16.1. The lowest BCUT2D eigenvalue weighted by Gasteiger charge is -2.15. The fourth-order valence-electron chi connectivity index (χ4n) is 4.15. The molecule has 0 aliphatic heterocycles. The zero-order chi connectivity index (χ0) is 24.6. The molecule has 190 valence electrons. The molecule has 5 heteroatoms. The highest BCUT2D eigenvalue weighted by molar-refractivity contribution is 7.99. The maximum Gasteiger partial charge on any atom is 0.327 e. The third-order valence-corrected chi connectivity index (χ3v) is 7.52. The van der Waals surface area contributed by atoms with Crippen molar-refractivity contribution in [3.8, 4) is 0 Å². The lowest BCUT2D eigenvalue weighted by molar-refractivity contribution is -0.137. The predicted molar refractivity (Wildman–Crippen MR) is 146 cm³/mol. The van der Waals surface area contributed by atoms with Gasteiger partial charge in [0.15, 0.2) is 0 Å². The molecule has 0 spiro atoms. The van der Waals surface area contributed by atoms with E-state index in [1.54, 1.807) is 11.8 Å². The van der Waals surface area contributed by atoms with Crippen molar-refractivity contribution in [1.82, 2.24) is 4.98 Å². The van der Waals surface area contributed by atoms with E-state index in [-0.39, 0.29) is 0 Å². The number of nitrogens with one attached hydrogen (secondary N) is 2. The molecular weight excluding hydrogens is 428 g/mol. The molecule has 0 amide bonds. The van der Waals surface area contributed by atoms with Gasteiger partial charge in [-0.25, -0.2) is 4.79 Å². The van der Waals surface area contributed by atoms with Gasteiger partial charge in [-0.1, -0.05) is 84.3 Å². The van der Waals surface area contributed by atoms with Crippen LogP contribution < -0.4 is 5.32 Å². The molecule has 3 unspecified atom stereocenters. The molecule has 1 rings (SSSR count). The Labute approximate surface area is 207 Å². The Bertz CT molecular complexity index is 683. The van der Waals surface area contributed by atoms with Crippen molar-refractivity contribution in [3.63, 3.8) is 0 Å². The minimum Gasteiger partial charge on any atom is -0.480 e. The van der Waals surface area contributed by atoms with Gasteiger partial charge in [0.2, 0.25) is 0 Å². The molecule has 1 aromatic heterocycles. The van der Waals surface area contributed by atoms with E-state index in [1.165, 1.54) is 56.9 Å². The normalized spacial score (nSPS) is 14.9. The lowest BCUT2D eigenvalue weighted by Crippen LogP contribution is -2.32. The predicted octanol–water partition coefficient (Wildman–Crippen LogP) is 8.31. The number of carbonyl (C=O) groups is 1.